The van der Waals surface area contributed by atoms with Gasteiger partial charge in [-0.1, -0.05) is 289 Å². The molecule has 3 N–H and O–H groups in total. The summed E-state index contributed by atoms with van der Waals surface area (Å²) in [6.45, 7) is 4.85. The van der Waals surface area contributed by atoms with E-state index in [2.05, 4.69) is 43.5 Å². The fourth-order valence-corrected chi connectivity index (χ4v) is 9.24. The van der Waals surface area contributed by atoms with Crippen LogP contribution in [0, 0.1) is 0 Å². The Morgan fingerprint density at radius 3 is 1.15 bits per heavy atom. The summed E-state index contributed by atoms with van der Waals surface area (Å²) in [5.74, 6) is -0.0714. The molecule has 2 unspecified atom stereocenters. The number of ether oxygens (including phenoxy) is 1. The average molecular weight is 931 g/mol. The van der Waals surface area contributed by atoms with Gasteiger partial charge in [-0.15, -0.1) is 0 Å². The first-order chi connectivity index (χ1) is 32.5. The van der Waals surface area contributed by atoms with Crippen molar-refractivity contribution >= 4 is 11.9 Å². The predicted octanol–water partition coefficient (Wildman–Crippen LogP) is 18.2. The maximum atomic E-state index is 12.4. The highest BCUT2D eigenvalue weighted by molar-refractivity contribution is 5.76. The standard InChI is InChI=1S/C60H115NO5/c1-3-5-7-9-11-13-15-16-17-18-25-28-31-34-38-42-46-50-54-60(65)66-55-51-47-43-39-35-32-29-26-23-21-19-20-22-24-27-30-33-37-41-45-49-53-59(64)61-57(56-62)58(63)52-48-44-40-36-14-12-10-8-6-4-2/h32,35,43,47,57-58,62-63H,3-31,33-34,36-42,44-46,48-56H2,1-2H3,(H,61,64)/b35-32-,47-43-. The summed E-state index contributed by atoms with van der Waals surface area (Å²) in [6.07, 6.45) is 67.7. The van der Waals surface area contributed by atoms with E-state index < -0.39 is 12.1 Å². The third-order valence-electron chi connectivity index (χ3n) is 13.8. The van der Waals surface area contributed by atoms with Crippen LogP contribution in [0.15, 0.2) is 24.3 Å². The molecule has 0 bridgehead atoms. The Labute approximate surface area is 411 Å². The molecule has 0 aromatic rings. The van der Waals surface area contributed by atoms with E-state index in [1.165, 1.54) is 238 Å². The molecule has 0 aromatic carbocycles. The molecule has 66 heavy (non-hydrogen) atoms. The molecule has 6 heteroatoms. The molecule has 0 aromatic heterocycles. The van der Waals surface area contributed by atoms with Crippen LogP contribution in [-0.2, 0) is 14.3 Å². The van der Waals surface area contributed by atoms with Crippen LogP contribution in [0.5, 0.6) is 0 Å². The van der Waals surface area contributed by atoms with Gasteiger partial charge in [0.05, 0.1) is 25.4 Å². The number of aliphatic hydroxyl groups is 2. The van der Waals surface area contributed by atoms with Crippen LogP contribution in [0.2, 0.25) is 0 Å². The van der Waals surface area contributed by atoms with Crippen molar-refractivity contribution in [3.8, 4) is 0 Å². The fourth-order valence-electron chi connectivity index (χ4n) is 9.24. The van der Waals surface area contributed by atoms with Crippen LogP contribution < -0.4 is 5.32 Å². The van der Waals surface area contributed by atoms with Crippen LogP contribution in [0.1, 0.15) is 322 Å². The lowest BCUT2D eigenvalue weighted by Gasteiger charge is -2.22. The highest BCUT2D eigenvalue weighted by Crippen LogP contribution is 2.17. The summed E-state index contributed by atoms with van der Waals surface area (Å²) < 4.78 is 5.43. The zero-order valence-electron chi connectivity index (χ0n) is 44.4. The molecular weight excluding hydrogens is 815 g/mol. The minimum absolute atomic E-state index is 0.0307. The molecule has 0 aliphatic heterocycles. The van der Waals surface area contributed by atoms with E-state index in [-0.39, 0.29) is 18.5 Å². The number of carbonyl (C=O) groups excluding carboxylic acids is 2. The zero-order chi connectivity index (χ0) is 47.9. The SMILES string of the molecule is CCCCCCCCCCCCCCCCCCCCC(=O)OCC/C=C\C/C=C\CCCCCCCCCCCCCCCCC(=O)NC(CO)C(O)CCCCCCCCCCCC. The van der Waals surface area contributed by atoms with E-state index in [0.717, 1.165) is 51.4 Å². The van der Waals surface area contributed by atoms with Gasteiger partial charge in [0.25, 0.3) is 0 Å². The second kappa shape index (κ2) is 55.9. The molecule has 6 nitrogen and oxygen atoms in total. The van der Waals surface area contributed by atoms with Crippen molar-refractivity contribution in [2.24, 2.45) is 0 Å². The Kier molecular flexibility index (Phi) is 54.5. The lowest BCUT2D eigenvalue weighted by Crippen LogP contribution is -2.45. The predicted molar refractivity (Wildman–Crippen MR) is 287 cm³/mol. The van der Waals surface area contributed by atoms with Gasteiger partial charge >= 0.3 is 5.97 Å². The molecule has 0 saturated carbocycles. The molecular formula is C60H115NO5. The number of esters is 1. The highest BCUT2D eigenvalue weighted by atomic mass is 16.5. The van der Waals surface area contributed by atoms with E-state index in [1.807, 2.05) is 0 Å². The molecule has 2 atom stereocenters. The van der Waals surface area contributed by atoms with Crippen LogP contribution >= 0.6 is 0 Å². The van der Waals surface area contributed by atoms with Crippen molar-refractivity contribution in [2.45, 2.75) is 334 Å². The van der Waals surface area contributed by atoms with E-state index in [4.69, 9.17) is 4.74 Å². The number of nitrogens with one attached hydrogen (secondary N) is 1. The average Bonchev–Trinajstić information content (AvgIpc) is 3.32. The molecule has 0 radical (unpaired) electrons. The molecule has 0 saturated heterocycles. The van der Waals surface area contributed by atoms with Crippen LogP contribution in [0.4, 0.5) is 0 Å². The number of hydrogen-bond donors (Lipinski definition) is 3. The summed E-state index contributed by atoms with van der Waals surface area (Å²) in [4.78, 5) is 24.5. The fraction of sp³-hybridized carbons (Fsp3) is 0.900. The van der Waals surface area contributed by atoms with Gasteiger partial charge in [0, 0.05) is 12.8 Å². The Bertz CT molecular complexity index is 1030. The molecule has 0 aliphatic rings. The summed E-state index contributed by atoms with van der Waals surface area (Å²) in [7, 11) is 0. The first-order valence-electron chi connectivity index (χ1n) is 29.6. The number of rotatable bonds is 55. The number of unbranched alkanes of at least 4 members (excludes halogenated alkanes) is 40. The Morgan fingerprint density at radius 2 is 0.758 bits per heavy atom. The maximum absolute atomic E-state index is 12.4. The number of carbonyl (C=O) groups is 2. The Balaban J connectivity index is 3.41. The largest absolute Gasteiger partial charge is 0.465 e. The number of amides is 1. The van der Waals surface area contributed by atoms with Crippen LogP contribution in [-0.4, -0.2) is 47.4 Å². The van der Waals surface area contributed by atoms with Crippen molar-refractivity contribution in [1.82, 2.24) is 5.32 Å². The van der Waals surface area contributed by atoms with Gasteiger partial charge in [-0.25, -0.2) is 0 Å². The molecule has 0 rings (SSSR count). The highest BCUT2D eigenvalue weighted by Gasteiger charge is 2.20. The molecule has 390 valence electrons. The first-order valence-corrected chi connectivity index (χ1v) is 29.6. The minimum atomic E-state index is -0.665. The van der Waals surface area contributed by atoms with E-state index in [9.17, 15) is 19.8 Å². The van der Waals surface area contributed by atoms with E-state index >= 15 is 0 Å². The van der Waals surface area contributed by atoms with Crippen molar-refractivity contribution in [1.29, 1.82) is 0 Å². The van der Waals surface area contributed by atoms with Crippen LogP contribution in [0.25, 0.3) is 0 Å². The third-order valence-corrected chi connectivity index (χ3v) is 13.8. The monoisotopic (exact) mass is 930 g/mol. The molecule has 0 aliphatic carbocycles. The number of allylic oxidation sites excluding steroid dienone is 3. The summed E-state index contributed by atoms with van der Waals surface area (Å²) in [5.41, 5.74) is 0. The van der Waals surface area contributed by atoms with Crippen molar-refractivity contribution in [3.05, 3.63) is 24.3 Å². The Morgan fingerprint density at radius 1 is 0.424 bits per heavy atom. The summed E-state index contributed by atoms with van der Waals surface area (Å²) in [6, 6.07) is -0.543. The van der Waals surface area contributed by atoms with E-state index in [0.29, 0.717) is 25.9 Å². The molecule has 0 heterocycles. The summed E-state index contributed by atoms with van der Waals surface area (Å²) >= 11 is 0. The van der Waals surface area contributed by atoms with Crippen molar-refractivity contribution in [2.75, 3.05) is 13.2 Å². The first kappa shape index (κ1) is 64.3. The van der Waals surface area contributed by atoms with Gasteiger partial charge in [0.1, 0.15) is 0 Å². The van der Waals surface area contributed by atoms with E-state index in [1.54, 1.807) is 0 Å². The second-order valence-electron chi connectivity index (χ2n) is 20.3. The lowest BCUT2D eigenvalue weighted by molar-refractivity contribution is -0.143. The van der Waals surface area contributed by atoms with Gasteiger partial charge in [0.15, 0.2) is 0 Å². The van der Waals surface area contributed by atoms with Gasteiger partial charge in [0.2, 0.25) is 5.91 Å². The molecule has 0 fully saturated rings. The van der Waals surface area contributed by atoms with Gasteiger partial charge in [-0.2, -0.15) is 0 Å². The molecule has 0 spiro atoms. The van der Waals surface area contributed by atoms with Gasteiger partial charge in [-0.3, -0.25) is 9.59 Å². The quantitative estimate of drug-likeness (QED) is 0.0321. The maximum Gasteiger partial charge on any atom is 0.305 e. The summed E-state index contributed by atoms with van der Waals surface area (Å²) in [5, 5.41) is 23.1. The third kappa shape index (κ3) is 51.7. The van der Waals surface area contributed by atoms with Gasteiger partial charge < -0.3 is 20.3 Å². The molecule has 1 amide bonds. The topological polar surface area (TPSA) is 95.9 Å². The number of aliphatic hydroxyl groups excluding tert-OH is 2. The second-order valence-corrected chi connectivity index (χ2v) is 20.3. The number of hydrogen-bond acceptors (Lipinski definition) is 5. The smallest absolute Gasteiger partial charge is 0.305 e. The minimum Gasteiger partial charge on any atom is -0.465 e. The van der Waals surface area contributed by atoms with Crippen LogP contribution in [0.3, 0.4) is 0 Å². The lowest BCUT2D eigenvalue weighted by atomic mass is 10.0. The van der Waals surface area contributed by atoms with Gasteiger partial charge in [-0.05, 0) is 44.9 Å². The van der Waals surface area contributed by atoms with Crippen molar-refractivity contribution in [3.63, 3.8) is 0 Å². The Hall–Kier alpha value is -1.66. The normalized spacial score (nSPS) is 12.7. The van der Waals surface area contributed by atoms with Crippen molar-refractivity contribution < 1.29 is 24.5 Å². The zero-order valence-corrected chi connectivity index (χ0v) is 44.4.